The molecule has 0 aromatic heterocycles. The smallest absolute Gasteiger partial charge is 0.407 e. The van der Waals surface area contributed by atoms with E-state index in [9.17, 15) is 9.59 Å². The number of likely N-dealkylation sites (tertiary alicyclic amines) is 1. The Morgan fingerprint density at radius 2 is 2.19 bits per heavy atom. The number of carbonyl (C=O) groups excluding carboxylic acids is 2. The molecule has 1 N–H and O–H groups in total. The zero-order chi connectivity index (χ0) is 12.0. The molecule has 92 valence electrons. The first kappa shape index (κ1) is 12.8. The summed E-state index contributed by atoms with van der Waals surface area (Å²) in [6, 6.07) is 0.0308. The van der Waals surface area contributed by atoms with Crippen molar-refractivity contribution in [1.82, 2.24) is 10.2 Å². The van der Waals surface area contributed by atoms with E-state index in [1.54, 1.807) is 11.8 Å². The summed E-state index contributed by atoms with van der Waals surface area (Å²) in [5.41, 5.74) is 0. The van der Waals surface area contributed by atoms with Gasteiger partial charge >= 0.3 is 6.09 Å². The first-order chi connectivity index (χ1) is 7.67. The highest BCUT2D eigenvalue weighted by Crippen LogP contribution is 2.11. The fourth-order valence-corrected chi connectivity index (χ4v) is 1.88. The van der Waals surface area contributed by atoms with Gasteiger partial charge < -0.3 is 15.0 Å². The van der Waals surface area contributed by atoms with Gasteiger partial charge in [0.25, 0.3) is 0 Å². The Labute approximate surface area is 96.1 Å². The van der Waals surface area contributed by atoms with E-state index in [4.69, 9.17) is 4.74 Å². The Bertz CT molecular complexity index is 256. The summed E-state index contributed by atoms with van der Waals surface area (Å²) in [4.78, 5) is 24.5. The second-order valence-corrected chi connectivity index (χ2v) is 3.90. The first-order valence-corrected chi connectivity index (χ1v) is 5.88. The van der Waals surface area contributed by atoms with Gasteiger partial charge in [-0.3, -0.25) is 4.79 Å². The van der Waals surface area contributed by atoms with Crippen molar-refractivity contribution in [3.8, 4) is 0 Å². The van der Waals surface area contributed by atoms with Crippen molar-refractivity contribution < 1.29 is 14.3 Å². The van der Waals surface area contributed by atoms with Crippen molar-refractivity contribution in [2.45, 2.75) is 39.2 Å². The van der Waals surface area contributed by atoms with Crippen LogP contribution < -0.4 is 5.32 Å². The quantitative estimate of drug-likeness (QED) is 0.788. The average Bonchev–Trinajstić information content (AvgIpc) is 2.28. The van der Waals surface area contributed by atoms with E-state index < -0.39 is 6.09 Å². The Morgan fingerprint density at radius 3 is 2.81 bits per heavy atom. The van der Waals surface area contributed by atoms with Crippen molar-refractivity contribution >= 4 is 12.0 Å². The highest BCUT2D eigenvalue weighted by molar-refractivity contribution is 5.76. The third-order valence-corrected chi connectivity index (χ3v) is 2.67. The van der Waals surface area contributed by atoms with Gasteiger partial charge in [-0.1, -0.05) is 6.92 Å². The zero-order valence-electron chi connectivity index (χ0n) is 9.99. The fraction of sp³-hybridized carbons (Fsp3) is 0.818. The summed E-state index contributed by atoms with van der Waals surface area (Å²) >= 11 is 0. The molecule has 0 spiro atoms. The molecule has 5 heteroatoms. The lowest BCUT2D eigenvalue weighted by Gasteiger charge is -2.32. The van der Waals surface area contributed by atoms with Gasteiger partial charge in [0.05, 0.1) is 6.61 Å². The molecule has 1 atom stereocenters. The van der Waals surface area contributed by atoms with Crippen molar-refractivity contribution in [3.63, 3.8) is 0 Å². The number of rotatable bonds is 3. The third-order valence-electron chi connectivity index (χ3n) is 2.67. The molecule has 1 rings (SSSR count). The maximum atomic E-state index is 11.5. The van der Waals surface area contributed by atoms with Crippen molar-refractivity contribution in [2.24, 2.45) is 0 Å². The van der Waals surface area contributed by atoms with Crippen LogP contribution in [-0.2, 0) is 9.53 Å². The van der Waals surface area contributed by atoms with Gasteiger partial charge in [0, 0.05) is 25.6 Å². The minimum Gasteiger partial charge on any atom is -0.450 e. The highest BCUT2D eigenvalue weighted by atomic mass is 16.5. The second-order valence-electron chi connectivity index (χ2n) is 3.90. The highest BCUT2D eigenvalue weighted by Gasteiger charge is 2.23. The van der Waals surface area contributed by atoms with Crippen molar-refractivity contribution in [1.29, 1.82) is 0 Å². The molecule has 1 saturated heterocycles. The maximum absolute atomic E-state index is 11.5. The van der Waals surface area contributed by atoms with E-state index in [0.29, 0.717) is 19.6 Å². The molecule has 0 aromatic carbocycles. The molecule has 5 nitrogen and oxygen atoms in total. The molecular weight excluding hydrogens is 208 g/mol. The lowest BCUT2D eigenvalue weighted by molar-refractivity contribution is -0.132. The molecule has 16 heavy (non-hydrogen) atoms. The standard InChI is InChI=1S/C11H20N2O3/c1-3-10(14)13-7-5-6-9(8-13)12-11(15)16-4-2/h9H,3-8H2,1-2H3,(H,12,15). The summed E-state index contributed by atoms with van der Waals surface area (Å²) in [6.07, 6.45) is 1.97. The van der Waals surface area contributed by atoms with Crippen LogP contribution in [0.4, 0.5) is 4.79 Å². The Kier molecular flexibility index (Phi) is 5.08. The number of amides is 2. The van der Waals surface area contributed by atoms with Crippen LogP contribution in [0.1, 0.15) is 33.1 Å². The zero-order valence-corrected chi connectivity index (χ0v) is 9.99. The molecule has 1 heterocycles. The van der Waals surface area contributed by atoms with Gasteiger partial charge in [0.2, 0.25) is 5.91 Å². The number of nitrogens with one attached hydrogen (secondary N) is 1. The van der Waals surface area contributed by atoms with E-state index in [2.05, 4.69) is 5.32 Å². The molecule has 0 aromatic rings. The SMILES string of the molecule is CCOC(=O)NC1CCCN(C(=O)CC)C1. The van der Waals surface area contributed by atoms with Crippen LogP contribution in [0.25, 0.3) is 0 Å². The van der Waals surface area contributed by atoms with Gasteiger partial charge in [0.1, 0.15) is 0 Å². The summed E-state index contributed by atoms with van der Waals surface area (Å²) in [6.45, 7) is 5.40. The molecule has 1 aliphatic rings. The molecule has 1 unspecified atom stereocenters. The monoisotopic (exact) mass is 228 g/mol. The summed E-state index contributed by atoms with van der Waals surface area (Å²) in [5.74, 6) is 0.148. The maximum Gasteiger partial charge on any atom is 0.407 e. The van der Waals surface area contributed by atoms with Gasteiger partial charge in [-0.2, -0.15) is 0 Å². The van der Waals surface area contributed by atoms with Gasteiger partial charge in [-0.15, -0.1) is 0 Å². The van der Waals surface area contributed by atoms with E-state index >= 15 is 0 Å². The molecule has 0 bridgehead atoms. The lowest BCUT2D eigenvalue weighted by atomic mass is 10.1. The van der Waals surface area contributed by atoms with Crippen LogP contribution in [0.2, 0.25) is 0 Å². The van der Waals surface area contributed by atoms with Crippen LogP contribution in [0.3, 0.4) is 0 Å². The molecule has 2 amide bonds. The largest absolute Gasteiger partial charge is 0.450 e. The molecule has 0 radical (unpaired) electrons. The number of carbonyl (C=O) groups is 2. The predicted molar refractivity (Wildman–Crippen MR) is 60.1 cm³/mol. The summed E-state index contributed by atoms with van der Waals surface area (Å²) in [7, 11) is 0. The topological polar surface area (TPSA) is 58.6 Å². The van der Waals surface area contributed by atoms with Crippen molar-refractivity contribution in [2.75, 3.05) is 19.7 Å². The Morgan fingerprint density at radius 1 is 1.44 bits per heavy atom. The van der Waals surface area contributed by atoms with Gasteiger partial charge in [-0.05, 0) is 19.8 Å². The van der Waals surface area contributed by atoms with Crippen LogP contribution in [0.15, 0.2) is 0 Å². The Hall–Kier alpha value is -1.26. The summed E-state index contributed by atoms with van der Waals surface area (Å²) < 4.78 is 4.81. The molecule has 0 saturated carbocycles. The van der Waals surface area contributed by atoms with E-state index in [0.717, 1.165) is 19.4 Å². The van der Waals surface area contributed by atoms with E-state index in [-0.39, 0.29) is 11.9 Å². The normalized spacial score (nSPS) is 20.4. The average molecular weight is 228 g/mol. The number of nitrogens with zero attached hydrogens (tertiary/aromatic N) is 1. The molecule has 1 fully saturated rings. The number of ether oxygens (including phenoxy) is 1. The fourth-order valence-electron chi connectivity index (χ4n) is 1.88. The Balaban J connectivity index is 2.38. The number of hydrogen-bond donors (Lipinski definition) is 1. The van der Waals surface area contributed by atoms with Gasteiger partial charge in [-0.25, -0.2) is 4.79 Å². The van der Waals surface area contributed by atoms with Crippen LogP contribution in [-0.4, -0.2) is 42.6 Å². The van der Waals surface area contributed by atoms with Crippen LogP contribution >= 0.6 is 0 Å². The number of alkyl carbamates (subject to hydrolysis) is 1. The third kappa shape index (κ3) is 3.72. The second kappa shape index (κ2) is 6.35. The van der Waals surface area contributed by atoms with Gasteiger partial charge in [0.15, 0.2) is 0 Å². The summed E-state index contributed by atoms with van der Waals surface area (Å²) in [5, 5.41) is 2.77. The molecule has 1 aliphatic heterocycles. The van der Waals surface area contributed by atoms with Crippen LogP contribution in [0.5, 0.6) is 0 Å². The van der Waals surface area contributed by atoms with Crippen molar-refractivity contribution in [3.05, 3.63) is 0 Å². The minimum absolute atomic E-state index is 0.0308. The number of piperidine rings is 1. The first-order valence-electron chi connectivity index (χ1n) is 5.88. The minimum atomic E-state index is -0.390. The molecule has 0 aliphatic carbocycles. The predicted octanol–water partition coefficient (Wildman–Crippen LogP) is 1.13. The number of hydrogen-bond acceptors (Lipinski definition) is 3. The lowest BCUT2D eigenvalue weighted by Crippen LogP contribution is -2.49. The van der Waals surface area contributed by atoms with Crippen LogP contribution in [0, 0.1) is 0 Å². The van der Waals surface area contributed by atoms with E-state index in [1.807, 2.05) is 6.92 Å². The van der Waals surface area contributed by atoms with E-state index in [1.165, 1.54) is 0 Å². The molecular formula is C11H20N2O3.